The van der Waals surface area contributed by atoms with Crippen molar-refractivity contribution in [3.63, 3.8) is 0 Å². The third kappa shape index (κ3) is 3.08. The van der Waals surface area contributed by atoms with Gasteiger partial charge in [-0.1, -0.05) is 25.5 Å². The van der Waals surface area contributed by atoms with Crippen LogP contribution in [-0.2, 0) is 11.2 Å². The van der Waals surface area contributed by atoms with E-state index in [9.17, 15) is 9.90 Å². The summed E-state index contributed by atoms with van der Waals surface area (Å²) >= 11 is 0. The Morgan fingerprint density at radius 1 is 1.25 bits per heavy atom. The Morgan fingerprint density at radius 3 is 2.35 bits per heavy atom. The number of aromatic nitrogens is 1. The van der Waals surface area contributed by atoms with Gasteiger partial charge in [-0.2, -0.15) is 0 Å². The first-order valence-electron chi connectivity index (χ1n) is 6.80. The molecule has 1 atom stereocenters. The maximum Gasteiger partial charge on any atom is 0.324 e. The highest BCUT2D eigenvalue weighted by Gasteiger charge is 2.32. The van der Waals surface area contributed by atoms with Gasteiger partial charge in [-0.15, -0.1) is 0 Å². The quantitative estimate of drug-likeness (QED) is 0.849. The fourth-order valence-corrected chi connectivity index (χ4v) is 2.37. The Kier molecular flexibility index (Phi) is 4.25. The molecular weight excluding hydrogens is 252 g/mol. The first-order valence-corrected chi connectivity index (χ1v) is 6.80. The van der Waals surface area contributed by atoms with Crippen LogP contribution in [0.25, 0.3) is 5.69 Å². The van der Waals surface area contributed by atoms with Gasteiger partial charge in [0, 0.05) is 24.5 Å². The molecule has 0 fully saturated rings. The van der Waals surface area contributed by atoms with Crippen LogP contribution in [0.5, 0.6) is 0 Å². The van der Waals surface area contributed by atoms with Crippen LogP contribution < -0.4 is 5.73 Å². The third-order valence-electron chi connectivity index (χ3n) is 3.48. The van der Waals surface area contributed by atoms with Crippen LogP contribution in [0, 0.1) is 0 Å². The molecule has 4 heteroatoms. The minimum Gasteiger partial charge on any atom is -0.480 e. The molecule has 0 aliphatic rings. The number of rotatable bonds is 6. The molecule has 0 saturated heterocycles. The maximum absolute atomic E-state index is 11.3. The van der Waals surface area contributed by atoms with Gasteiger partial charge in [-0.05, 0) is 36.2 Å². The van der Waals surface area contributed by atoms with E-state index in [1.165, 1.54) is 0 Å². The van der Waals surface area contributed by atoms with E-state index in [1.807, 2.05) is 60.3 Å². The average Bonchev–Trinajstić information content (AvgIpc) is 2.93. The molecule has 0 aliphatic heterocycles. The summed E-state index contributed by atoms with van der Waals surface area (Å²) in [6.45, 7) is 1.94. The number of aliphatic carboxylic acids is 1. The van der Waals surface area contributed by atoms with E-state index in [1.54, 1.807) is 0 Å². The Hall–Kier alpha value is -2.07. The fraction of sp³-hybridized carbons (Fsp3) is 0.312. The summed E-state index contributed by atoms with van der Waals surface area (Å²) in [4.78, 5) is 11.3. The molecule has 1 aromatic heterocycles. The topological polar surface area (TPSA) is 68.2 Å². The van der Waals surface area contributed by atoms with Gasteiger partial charge in [0.05, 0.1) is 0 Å². The summed E-state index contributed by atoms with van der Waals surface area (Å²) in [7, 11) is 0. The zero-order valence-corrected chi connectivity index (χ0v) is 11.6. The number of nitrogens with two attached hydrogens (primary N) is 1. The highest BCUT2D eigenvalue weighted by Crippen LogP contribution is 2.19. The van der Waals surface area contributed by atoms with E-state index in [-0.39, 0.29) is 0 Å². The summed E-state index contributed by atoms with van der Waals surface area (Å²) in [5, 5.41) is 9.30. The smallest absolute Gasteiger partial charge is 0.324 e. The molecule has 0 aliphatic carbocycles. The van der Waals surface area contributed by atoms with Gasteiger partial charge in [0.1, 0.15) is 5.54 Å². The second-order valence-electron chi connectivity index (χ2n) is 5.14. The van der Waals surface area contributed by atoms with E-state index in [0.717, 1.165) is 17.7 Å². The lowest BCUT2D eigenvalue weighted by Crippen LogP contribution is -2.49. The van der Waals surface area contributed by atoms with Gasteiger partial charge in [-0.25, -0.2) is 0 Å². The van der Waals surface area contributed by atoms with Crippen LogP contribution in [0.15, 0.2) is 48.8 Å². The molecule has 20 heavy (non-hydrogen) atoms. The number of carbonyl (C=O) groups is 1. The molecule has 1 heterocycles. The minimum atomic E-state index is -1.18. The minimum absolute atomic E-state index is 0.349. The predicted molar refractivity (Wildman–Crippen MR) is 78.9 cm³/mol. The van der Waals surface area contributed by atoms with Crippen LogP contribution >= 0.6 is 0 Å². The number of carboxylic acids is 1. The molecule has 106 valence electrons. The molecule has 0 bridgehead atoms. The molecule has 3 N–H and O–H groups in total. The summed E-state index contributed by atoms with van der Waals surface area (Å²) in [6.07, 6.45) is 5.52. The summed E-state index contributed by atoms with van der Waals surface area (Å²) in [5.41, 5.74) is 6.83. The lowest BCUT2D eigenvalue weighted by molar-refractivity contribution is -0.143. The highest BCUT2D eigenvalue weighted by molar-refractivity contribution is 5.78. The monoisotopic (exact) mass is 272 g/mol. The van der Waals surface area contributed by atoms with Gasteiger partial charge in [0.15, 0.2) is 0 Å². The first kappa shape index (κ1) is 14.3. The van der Waals surface area contributed by atoms with Crippen molar-refractivity contribution in [1.82, 2.24) is 4.57 Å². The van der Waals surface area contributed by atoms with Gasteiger partial charge >= 0.3 is 5.97 Å². The first-order chi connectivity index (χ1) is 9.55. The number of benzene rings is 1. The van der Waals surface area contributed by atoms with Crippen molar-refractivity contribution in [1.29, 1.82) is 0 Å². The number of hydrogen-bond acceptors (Lipinski definition) is 2. The largest absolute Gasteiger partial charge is 0.480 e. The van der Waals surface area contributed by atoms with Crippen LogP contribution in [0.4, 0.5) is 0 Å². The van der Waals surface area contributed by atoms with Gasteiger partial charge in [0.25, 0.3) is 0 Å². The van der Waals surface area contributed by atoms with Crippen molar-refractivity contribution < 1.29 is 9.90 Å². The zero-order valence-electron chi connectivity index (χ0n) is 11.6. The standard InChI is InChI=1S/C16H20N2O2/c1-2-9-16(17,15(19)20)12-13-5-7-14(8-6-13)18-10-3-4-11-18/h3-8,10-11H,2,9,12,17H2,1H3,(H,19,20)/t16-/m0/s1. The van der Waals surface area contributed by atoms with Crippen molar-refractivity contribution in [2.24, 2.45) is 5.73 Å². The predicted octanol–water partition coefficient (Wildman–Crippen LogP) is 2.60. The van der Waals surface area contributed by atoms with Crippen molar-refractivity contribution in [2.45, 2.75) is 31.7 Å². The molecule has 0 unspecified atom stereocenters. The molecule has 0 amide bonds. The molecular formula is C16H20N2O2. The molecule has 0 spiro atoms. The molecule has 4 nitrogen and oxygen atoms in total. The van der Waals surface area contributed by atoms with Gasteiger partial charge in [0.2, 0.25) is 0 Å². The molecule has 1 aromatic carbocycles. The molecule has 0 saturated carbocycles. The van der Waals surface area contributed by atoms with Crippen LogP contribution in [-0.4, -0.2) is 21.2 Å². The van der Waals surface area contributed by atoms with E-state index < -0.39 is 11.5 Å². The van der Waals surface area contributed by atoms with Crippen LogP contribution in [0.3, 0.4) is 0 Å². The van der Waals surface area contributed by atoms with E-state index in [4.69, 9.17) is 5.73 Å². The van der Waals surface area contributed by atoms with Crippen molar-refractivity contribution in [3.05, 3.63) is 54.4 Å². The van der Waals surface area contributed by atoms with Gasteiger partial charge in [-0.3, -0.25) is 4.79 Å². The lowest BCUT2D eigenvalue weighted by Gasteiger charge is -2.24. The average molecular weight is 272 g/mol. The fourth-order valence-electron chi connectivity index (χ4n) is 2.37. The SMILES string of the molecule is CCC[C@](N)(Cc1ccc(-n2cccc2)cc1)C(=O)O. The van der Waals surface area contributed by atoms with Crippen LogP contribution in [0.2, 0.25) is 0 Å². The van der Waals surface area contributed by atoms with Crippen molar-refractivity contribution >= 4 is 5.97 Å². The Morgan fingerprint density at radius 2 is 1.85 bits per heavy atom. The summed E-state index contributed by atoms with van der Waals surface area (Å²) < 4.78 is 2.00. The Labute approximate surface area is 118 Å². The van der Waals surface area contributed by atoms with Crippen LogP contribution in [0.1, 0.15) is 25.3 Å². The zero-order chi connectivity index (χ0) is 14.6. The molecule has 0 radical (unpaired) electrons. The lowest BCUT2D eigenvalue weighted by atomic mass is 9.87. The highest BCUT2D eigenvalue weighted by atomic mass is 16.4. The van der Waals surface area contributed by atoms with E-state index in [2.05, 4.69) is 0 Å². The van der Waals surface area contributed by atoms with E-state index >= 15 is 0 Å². The van der Waals surface area contributed by atoms with E-state index in [0.29, 0.717) is 12.8 Å². The molecule has 2 rings (SSSR count). The normalized spacial score (nSPS) is 13.9. The summed E-state index contributed by atoms with van der Waals surface area (Å²) in [6, 6.07) is 11.8. The number of nitrogens with zero attached hydrogens (tertiary/aromatic N) is 1. The van der Waals surface area contributed by atoms with Gasteiger partial charge < -0.3 is 15.4 Å². The second-order valence-corrected chi connectivity index (χ2v) is 5.14. The number of hydrogen-bond donors (Lipinski definition) is 2. The Balaban J connectivity index is 2.16. The summed E-state index contributed by atoms with van der Waals surface area (Å²) in [5.74, 6) is -0.936. The number of carboxylic acid groups (broad SMARTS) is 1. The second kappa shape index (κ2) is 5.92. The maximum atomic E-state index is 11.3. The Bertz CT molecular complexity index is 561. The third-order valence-corrected chi connectivity index (χ3v) is 3.48. The van der Waals surface area contributed by atoms with Crippen molar-refractivity contribution in [3.8, 4) is 5.69 Å². The van der Waals surface area contributed by atoms with Crippen molar-refractivity contribution in [2.75, 3.05) is 0 Å². The molecule has 2 aromatic rings.